The Bertz CT molecular complexity index is 317. The van der Waals surface area contributed by atoms with Crippen molar-refractivity contribution in [1.29, 1.82) is 0 Å². The second kappa shape index (κ2) is 3.46. The largest absolute Gasteiger partial charge is 0.364 e. The van der Waals surface area contributed by atoms with Crippen molar-refractivity contribution in [3.63, 3.8) is 0 Å². The Hall–Kier alpha value is -0.570. The average molecular weight is 223 g/mol. The lowest BCUT2D eigenvalue weighted by molar-refractivity contribution is -0.139. The first-order chi connectivity index (χ1) is 7.61. The molecule has 0 spiro atoms. The van der Waals surface area contributed by atoms with Gasteiger partial charge in [-0.15, -0.1) is 0 Å². The molecule has 2 saturated heterocycles. The lowest BCUT2D eigenvalue weighted by Gasteiger charge is -2.40. The van der Waals surface area contributed by atoms with Crippen LogP contribution in [0.1, 0.15) is 39.5 Å². The van der Waals surface area contributed by atoms with Crippen molar-refractivity contribution in [1.82, 2.24) is 5.32 Å². The molecule has 0 bridgehead atoms. The minimum absolute atomic E-state index is 0.104. The molecule has 5 unspecified atom stereocenters. The number of piperidine rings is 1. The standard InChI is InChI=1S/C13H21NO2/c1-8-3-4-9-10(7-8)16-11-12(15)14-6-5-13(9,11)2/h8-11H,3-7H2,1-2H3,(H,14,15). The van der Waals surface area contributed by atoms with Gasteiger partial charge in [0.05, 0.1) is 6.10 Å². The molecule has 16 heavy (non-hydrogen) atoms. The van der Waals surface area contributed by atoms with Crippen LogP contribution in [0.25, 0.3) is 0 Å². The van der Waals surface area contributed by atoms with Crippen molar-refractivity contribution in [2.75, 3.05) is 6.54 Å². The molecular formula is C13H21NO2. The van der Waals surface area contributed by atoms with Crippen LogP contribution >= 0.6 is 0 Å². The fraction of sp³-hybridized carbons (Fsp3) is 0.923. The summed E-state index contributed by atoms with van der Waals surface area (Å²) in [6, 6.07) is 0. The molecule has 1 aliphatic carbocycles. The quantitative estimate of drug-likeness (QED) is 0.679. The van der Waals surface area contributed by atoms with E-state index in [-0.39, 0.29) is 17.4 Å². The Morgan fingerprint density at radius 1 is 1.44 bits per heavy atom. The summed E-state index contributed by atoms with van der Waals surface area (Å²) in [6.07, 6.45) is 4.92. The van der Waals surface area contributed by atoms with Gasteiger partial charge in [0.1, 0.15) is 6.10 Å². The molecule has 1 N–H and O–H groups in total. The molecule has 3 fully saturated rings. The van der Waals surface area contributed by atoms with E-state index in [1.165, 1.54) is 12.8 Å². The number of hydrogen-bond donors (Lipinski definition) is 1. The molecule has 3 nitrogen and oxygen atoms in total. The number of ether oxygens (including phenoxy) is 1. The molecule has 1 amide bonds. The van der Waals surface area contributed by atoms with Gasteiger partial charge >= 0.3 is 0 Å². The molecule has 3 heteroatoms. The second-order valence-electron chi connectivity index (χ2n) is 6.13. The number of amides is 1. The van der Waals surface area contributed by atoms with Gasteiger partial charge in [0.25, 0.3) is 0 Å². The van der Waals surface area contributed by atoms with E-state index in [0.29, 0.717) is 12.0 Å². The first kappa shape index (κ1) is 10.6. The molecule has 3 rings (SSSR count). The molecule has 3 aliphatic rings. The summed E-state index contributed by atoms with van der Waals surface area (Å²) < 4.78 is 6.04. The van der Waals surface area contributed by atoms with Crippen LogP contribution in [-0.4, -0.2) is 24.7 Å². The predicted molar refractivity (Wildman–Crippen MR) is 60.9 cm³/mol. The lowest BCUT2D eigenvalue weighted by atomic mass is 9.64. The Kier molecular flexibility index (Phi) is 2.29. The SMILES string of the molecule is CC1CCC2C(C1)OC1C(=O)NCCC12C. The zero-order chi connectivity index (χ0) is 11.3. The Morgan fingerprint density at radius 3 is 3.06 bits per heavy atom. The van der Waals surface area contributed by atoms with Gasteiger partial charge in [-0.3, -0.25) is 4.79 Å². The lowest BCUT2D eigenvalue weighted by Crippen LogP contribution is -2.51. The summed E-state index contributed by atoms with van der Waals surface area (Å²) >= 11 is 0. The van der Waals surface area contributed by atoms with Crippen molar-refractivity contribution in [2.45, 2.75) is 51.7 Å². The maximum atomic E-state index is 11.9. The van der Waals surface area contributed by atoms with Crippen molar-refractivity contribution >= 4 is 5.91 Å². The number of rotatable bonds is 0. The van der Waals surface area contributed by atoms with Gasteiger partial charge < -0.3 is 10.1 Å². The normalized spacial score (nSPS) is 51.8. The topological polar surface area (TPSA) is 38.3 Å². The number of fused-ring (bicyclic) bond motifs is 3. The van der Waals surface area contributed by atoms with E-state index in [0.717, 1.165) is 25.3 Å². The fourth-order valence-corrected chi connectivity index (χ4v) is 3.98. The van der Waals surface area contributed by atoms with Crippen molar-refractivity contribution < 1.29 is 9.53 Å². The van der Waals surface area contributed by atoms with Crippen LogP contribution in [0.3, 0.4) is 0 Å². The highest BCUT2D eigenvalue weighted by molar-refractivity contribution is 5.83. The van der Waals surface area contributed by atoms with Crippen LogP contribution in [0.2, 0.25) is 0 Å². The maximum absolute atomic E-state index is 11.9. The molecule has 2 aliphatic heterocycles. The fourth-order valence-electron chi connectivity index (χ4n) is 3.98. The zero-order valence-corrected chi connectivity index (χ0v) is 10.2. The van der Waals surface area contributed by atoms with Gasteiger partial charge in [0.2, 0.25) is 5.91 Å². The van der Waals surface area contributed by atoms with Crippen molar-refractivity contribution in [2.24, 2.45) is 17.3 Å². The van der Waals surface area contributed by atoms with Crippen LogP contribution in [0.5, 0.6) is 0 Å². The molecule has 0 aromatic heterocycles. The van der Waals surface area contributed by atoms with Crippen molar-refractivity contribution in [3.8, 4) is 0 Å². The molecule has 0 radical (unpaired) electrons. The van der Waals surface area contributed by atoms with Crippen LogP contribution in [0, 0.1) is 17.3 Å². The summed E-state index contributed by atoms with van der Waals surface area (Å²) in [4.78, 5) is 11.9. The maximum Gasteiger partial charge on any atom is 0.249 e. The Balaban J connectivity index is 1.88. The first-order valence-corrected chi connectivity index (χ1v) is 6.54. The minimum atomic E-state index is -0.179. The van der Waals surface area contributed by atoms with Gasteiger partial charge in [-0.25, -0.2) is 0 Å². The molecule has 90 valence electrons. The molecule has 0 aromatic carbocycles. The van der Waals surface area contributed by atoms with E-state index >= 15 is 0 Å². The predicted octanol–water partition coefficient (Wildman–Crippen LogP) is 1.72. The molecule has 1 saturated carbocycles. The van der Waals surface area contributed by atoms with Crippen LogP contribution in [0.15, 0.2) is 0 Å². The van der Waals surface area contributed by atoms with Crippen LogP contribution in [-0.2, 0) is 9.53 Å². The number of hydrogen-bond acceptors (Lipinski definition) is 2. The monoisotopic (exact) mass is 223 g/mol. The summed E-state index contributed by atoms with van der Waals surface area (Å²) in [5, 5.41) is 2.94. The van der Waals surface area contributed by atoms with Gasteiger partial charge in [-0.2, -0.15) is 0 Å². The zero-order valence-electron chi connectivity index (χ0n) is 10.2. The highest BCUT2D eigenvalue weighted by Crippen LogP contribution is 2.53. The van der Waals surface area contributed by atoms with Gasteiger partial charge in [0.15, 0.2) is 0 Å². The highest BCUT2D eigenvalue weighted by Gasteiger charge is 2.57. The summed E-state index contributed by atoms with van der Waals surface area (Å²) in [7, 11) is 0. The molecule has 2 heterocycles. The van der Waals surface area contributed by atoms with E-state index in [2.05, 4.69) is 19.2 Å². The van der Waals surface area contributed by atoms with Gasteiger partial charge in [-0.05, 0) is 31.1 Å². The van der Waals surface area contributed by atoms with Crippen molar-refractivity contribution in [3.05, 3.63) is 0 Å². The number of carbonyl (C=O) groups excluding carboxylic acids is 1. The third-order valence-electron chi connectivity index (χ3n) is 5.01. The summed E-state index contributed by atoms with van der Waals surface area (Å²) in [5.41, 5.74) is 0.104. The van der Waals surface area contributed by atoms with Crippen LogP contribution in [0.4, 0.5) is 0 Å². The Morgan fingerprint density at radius 2 is 2.25 bits per heavy atom. The smallest absolute Gasteiger partial charge is 0.249 e. The third kappa shape index (κ3) is 1.33. The Labute approximate surface area is 96.9 Å². The highest BCUT2D eigenvalue weighted by atomic mass is 16.5. The second-order valence-corrected chi connectivity index (χ2v) is 6.13. The van der Waals surface area contributed by atoms with E-state index in [9.17, 15) is 4.79 Å². The molecule has 0 aromatic rings. The van der Waals surface area contributed by atoms with Gasteiger partial charge in [-0.1, -0.05) is 20.3 Å². The first-order valence-electron chi connectivity index (χ1n) is 6.54. The van der Waals surface area contributed by atoms with E-state index in [4.69, 9.17) is 4.74 Å². The minimum Gasteiger partial charge on any atom is -0.364 e. The van der Waals surface area contributed by atoms with Gasteiger partial charge in [0, 0.05) is 12.0 Å². The number of carbonyl (C=O) groups is 1. The van der Waals surface area contributed by atoms with E-state index < -0.39 is 0 Å². The van der Waals surface area contributed by atoms with Crippen LogP contribution < -0.4 is 5.32 Å². The van der Waals surface area contributed by atoms with E-state index in [1.54, 1.807) is 0 Å². The van der Waals surface area contributed by atoms with E-state index in [1.807, 2.05) is 0 Å². The number of nitrogens with one attached hydrogen (secondary N) is 1. The summed E-state index contributed by atoms with van der Waals surface area (Å²) in [5.74, 6) is 1.49. The third-order valence-corrected chi connectivity index (χ3v) is 5.01. The average Bonchev–Trinajstić information content (AvgIpc) is 2.52. The molecular weight excluding hydrogens is 202 g/mol. The molecule has 5 atom stereocenters. The summed E-state index contributed by atoms with van der Waals surface area (Å²) in [6.45, 7) is 5.38.